The van der Waals surface area contributed by atoms with Crippen LogP contribution in [0.5, 0.6) is 0 Å². The summed E-state index contributed by atoms with van der Waals surface area (Å²) >= 11 is 0. The summed E-state index contributed by atoms with van der Waals surface area (Å²) in [7, 11) is 0. The van der Waals surface area contributed by atoms with Crippen molar-refractivity contribution in [1.82, 2.24) is 15.0 Å². The van der Waals surface area contributed by atoms with Gasteiger partial charge >= 0.3 is 0 Å². The second-order valence-corrected chi connectivity index (χ2v) is 8.04. The Kier molecular flexibility index (Phi) is 8.17. The largest absolute Gasteiger partial charge is 0.438 e. The van der Waals surface area contributed by atoms with Gasteiger partial charge in [-0.15, -0.1) is 71.8 Å². The molecule has 3 heterocycles. The topological polar surface area (TPSA) is 51.8 Å². The molecule has 4 nitrogen and oxygen atoms in total. The third-order valence-electron chi connectivity index (χ3n) is 5.60. The van der Waals surface area contributed by atoms with Crippen molar-refractivity contribution in [2.45, 2.75) is 13.8 Å². The molecule has 0 aliphatic rings. The quantitative estimate of drug-likeness (QED) is 0.187. The van der Waals surface area contributed by atoms with Crippen LogP contribution in [0.4, 0.5) is 0 Å². The molecule has 0 saturated carbocycles. The van der Waals surface area contributed by atoms with Gasteiger partial charge in [-0.2, -0.15) is 0 Å². The van der Waals surface area contributed by atoms with E-state index >= 15 is 0 Å². The first-order chi connectivity index (χ1) is 17.2. The van der Waals surface area contributed by atoms with Crippen molar-refractivity contribution in [3.05, 3.63) is 127 Å². The van der Waals surface area contributed by atoms with Crippen molar-refractivity contribution in [3.8, 4) is 33.8 Å². The number of benzene rings is 3. The number of nitrogens with zero attached hydrogens (tertiary/aromatic N) is 3. The van der Waals surface area contributed by atoms with E-state index in [1.165, 1.54) is 6.33 Å². The molecule has 0 fully saturated rings. The fourth-order valence-electron chi connectivity index (χ4n) is 3.93. The first kappa shape index (κ1) is 25.2. The van der Waals surface area contributed by atoms with Crippen LogP contribution in [0.2, 0.25) is 0 Å². The monoisotopic (exact) mass is 646 g/mol. The smallest absolute Gasteiger partial charge is 0.221 e. The molecule has 0 bridgehead atoms. The summed E-state index contributed by atoms with van der Waals surface area (Å²) in [6.45, 7) is 4.04. The third-order valence-corrected chi connectivity index (χ3v) is 5.60. The molecule has 0 spiro atoms. The molecule has 6 aromatic rings. The van der Waals surface area contributed by atoms with Gasteiger partial charge in [-0.1, -0.05) is 42.5 Å². The Labute approximate surface area is 224 Å². The number of furan rings is 1. The Morgan fingerprint density at radius 3 is 2.06 bits per heavy atom. The van der Waals surface area contributed by atoms with Crippen LogP contribution in [0.3, 0.4) is 0 Å². The maximum atomic E-state index is 5.98. The van der Waals surface area contributed by atoms with Gasteiger partial charge in [-0.25, -0.2) is 4.98 Å². The molecule has 0 atom stereocenters. The van der Waals surface area contributed by atoms with E-state index in [0.717, 1.165) is 50.5 Å². The number of hydrogen-bond acceptors (Lipinski definition) is 4. The number of aromatic nitrogens is 3. The van der Waals surface area contributed by atoms with Crippen LogP contribution in [-0.2, 0) is 20.1 Å². The average Bonchev–Trinajstić information content (AvgIpc) is 3.27. The summed E-state index contributed by atoms with van der Waals surface area (Å²) in [5.74, 6) is 0.841. The number of hydrogen-bond donors (Lipinski definition) is 0. The molecule has 0 N–H and O–H groups in total. The molecule has 3 aromatic heterocycles. The Bertz CT molecular complexity index is 1550. The second kappa shape index (κ2) is 11.7. The van der Waals surface area contributed by atoms with Gasteiger partial charge in [0.25, 0.3) is 0 Å². The first-order valence-corrected chi connectivity index (χ1v) is 11.4. The summed E-state index contributed by atoms with van der Waals surface area (Å²) < 4.78 is 5.98. The zero-order valence-corrected chi connectivity index (χ0v) is 22.3. The predicted molar refractivity (Wildman–Crippen MR) is 139 cm³/mol. The van der Waals surface area contributed by atoms with Gasteiger partial charge in [-0.05, 0) is 31.2 Å². The van der Waals surface area contributed by atoms with Crippen molar-refractivity contribution in [2.75, 3.05) is 0 Å². The second-order valence-electron chi connectivity index (χ2n) is 8.04. The van der Waals surface area contributed by atoms with Crippen LogP contribution in [0.15, 0.2) is 108 Å². The fourth-order valence-corrected chi connectivity index (χ4v) is 3.93. The SMILES string of the molecule is Cc1c(-c2ccccc2)oc2ncnc(-c3[c-]cccc3)c12.Cc1cccc(-c2[c-]cccc2)n1.[Ir]. The Morgan fingerprint density at radius 2 is 1.39 bits per heavy atom. The zero-order valence-electron chi connectivity index (χ0n) is 19.9. The van der Waals surface area contributed by atoms with Gasteiger partial charge in [0.1, 0.15) is 12.1 Å². The Morgan fingerprint density at radius 1 is 0.694 bits per heavy atom. The molecular formula is C31H23IrN3O-2. The molecular weight excluding hydrogens is 623 g/mol. The molecule has 6 rings (SSSR count). The van der Waals surface area contributed by atoms with Crippen molar-refractivity contribution in [2.24, 2.45) is 0 Å². The van der Waals surface area contributed by atoms with E-state index in [1.54, 1.807) is 0 Å². The van der Waals surface area contributed by atoms with E-state index in [2.05, 4.69) is 27.1 Å². The fraction of sp³-hybridized carbons (Fsp3) is 0.0645. The minimum Gasteiger partial charge on any atom is -0.438 e. The first-order valence-electron chi connectivity index (χ1n) is 11.4. The van der Waals surface area contributed by atoms with Crippen molar-refractivity contribution in [1.29, 1.82) is 0 Å². The van der Waals surface area contributed by atoms with Gasteiger partial charge in [0.2, 0.25) is 5.71 Å². The summed E-state index contributed by atoms with van der Waals surface area (Å²) in [4.78, 5) is 13.1. The molecule has 0 saturated heterocycles. The number of pyridine rings is 1. The van der Waals surface area contributed by atoms with Crippen molar-refractivity contribution in [3.63, 3.8) is 0 Å². The standard InChI is InChI=1S/C19H13N2O.C12H10N.Ir/c1-13-16-17(14-8-4-2-5-9-14)20-12-21-19(16)22-18(13)15-10-6-3-7-11-15;1-10-6-5-9-12(13-10)11-7-3-2-4-8-11;/h2-8,10-12H,1H3;2-7,9H,1H3;/q2*-1;. The maximum Gasteiger partial charge on any atom is 0.221 e. The van der Waals surface area contributed by atoms with E-state index in [0.29, 0.717) is 5.71 Å². The minimum atomic E-state index is 0. The van der Waals surface area contributed by atoms with E-state index in [-0.39, 0.29) is 20.1 Å². The van der Waals surface area contributed by atoms with Crippen LogP contribution in [0.1, 0.15) is 11.3 Å². The summed E-state index contributed by atoms with van der Waals surface area (Å²) in [6, 6.07) is 38.1. The maximum absolute atomic E-state index is 5.98. The molecule has 36 heavy (non-hydrogen) atoms. The Hall–Kier alpha value is -3.92. The minimum absolute atomic E-state index is 0. The molecule has 3 aromatic carbocycles. The predicted octanol–water partition coefficient (Wildman–Crippen LogP) is 7.52. The summed E-state index contributed by atoms with van der Waals surface area (Å²) in [6.07, 6.45) is 1.54. The van der Waals surface area contributed by atoms with Crippen LogP contribution in [-0.4, -0.2) is 15.0 Å². The Balaban J connectivity index is 0.000000187. The van der Waals surface area contributed by atoms with Gasteiger partial charge < -0.3 is 9.40 Å². The van der Waals surface area contributed by atoms with E-state index in [1.807, 2.05) is 111 Å². The molecule has 5 heteroatoms. The third kappa shape index (κ3) is 5.49. The van der Waals surface area contributed by atoms with Crippen LogP contribution in [0, 0.1) is 26.0 Å². The number of aryl methyl sites for hydroxylation is 2. The van der Waals surface area contributed by atoms with Gasteiger partial charge in [-0.3, -0.25) is 4.98 Å². The van der Waals surface area contributed by atoms with E-state index in [4.69, 9.17) is 4.42 Å². The van der Waals surface area contributed by atoms with Gasteiger partial charge in [0.15, 0.2) is 0 Å². The van der Waals surface area contributed by atoms with Crippen molar-refractivity contribution >= 4 is 11.1 Å². The molecule has 0 aliphatic carbocycles. The summed E-state index contributed by atoms with van der Waals surface area (Å²) in [5, 5.41) is 0.948. The average molecular weight is 646 g/mol. The van der Waals surface area contributed by atoms with Gasteiger partial charge in [0.05, 0.1) is 0 Å². The van der Waals surface area contributed by atoms with E-state index in [9.17, 15) is 0 Å². The molecule has 0 unspecified atom stereocenters. The van der Waals surface area contributed by atoms with Gasteiger partial charge in [0, 0.05) is 42.4 Å². The normalized spacial score (nSPS) is 10.3. The molecule has 0 amide bonds. The molecule has 179 valence electrons. The van der Waals surface area contributed by atoms with Crippen molar-refractivity contribution < 1.29 is 24.5 Å². The number of rotatable bonds is 3. The van der Waals surface area contributed by atoms with Crippen LogP contribution in [0.25, 0.3) is 44.9 Å². The number of fused-ring (bicyclic) bond motifs is 1. The van der Waals surface area contributed by atoms with Crippen LogP contribution < -0.4 is 0 Å². The molecule has 0 aliphatic heterocycles. The summed E-state index contributed by atoms with van der Waals surface area (Å²) in [5.41, 5.74) is 7.57. The van der Waals surface area contributed by atoms with E-state index < -0.39 is 0 Å². The molecule has 1 radical (unpaired) electrons. The zero-order chi connectivity index (χ0) is 24.0. The van der Waals surface area contributed by atoms with Crippen LogP contribution >= 0.6 is 0 Å².